The fourth-order valence-corrected chi connectivity index (χ4v) is 3.47. The molecular formula is C20H23ClN3O3+. The molecule has 1 saturated heterocycles. The van der Waals surface area contributed by atoms with Crippen LogP contribution in [0.2, 0.25) is 5.02 Å². The molecule has 3 rings (SSSR count). The number of quaternary nitrogens is 1. The first-order valence-corrected chi connectivity index (χ1v) is 9.24. The number of phenols is 1. The third kappa shape index (κ3) is 4.86. The average molecular weight is 389 g/mol. The highest BCUT2D eigenvalue weighted by atomic mass is 35.5. The molecule has 1 heterocycles. The predicted molar refractivity (Wildman–Crippen MR) is 104 cm³/mol. The van der Waals surface area contributed by atoms with Crippen LogP contribution in [-0.4, -0.2) is 43.0 Å². The summed E-state index contributed by atoms with van der Waals surface area (Å²) >= 11 is 5.91. The van der Waals surface area contributed by atoms with E-state index in [9.17, 15) is 9.90 Å². The van der Waals surface area contributed by atoms with Gasteiger partial charge in [-0.3, -0.25) is 4.79 Å². The van der Waals surface area contributed by atoms with Crippen LogP contribution in [0.15, 0.2) is 53.6 Å². The van der Waals surface area contributed by atoms with Crippen LogP contribution < -0.4 is 10.3 Å². The first kappa shape index (κ1) is 19.4. The molecular weight excluding hydrogens is 366 g/mol. The van der Waals surface area contributed by atoms with Crippen LogP contribution in [0.3, 0.4) is 0 Å². The lowest BCUT2D eigenvalue weighted by Crippen LogP contribution is -3.15. The second kappa shape index (κ2) is 8.99. The molecule has 0 unspecified atom stereocenters. The Morgan fingerprint density at radius 2 is 1.93 bits per heavy atom. The Morgan fingerprint density at radius 3 is 2.63 bits per heavy atom. The Morgan fingerprint density at radius 1 is 1.22 bits per heavy atom. The fraction of sp³-hybridized carbons (Fsp3) is 0.300. The van der Waals surface area contributed by atoms with E-state index in [-0.39, 0.29) is 17.4 Å². The van der Waals surface area contributed by atoms with Gasteiger partial charge in [0, 0.05) is 10.6 Å². The monoisotopic (exact) mass is 388 g/mol. The molecule has 1 amide bonds. The Kier molecular flexibility index (Phi) is 6.45. The Hall–Kier alpha value is -2.41. The van der Waals surface area contributed by atoms with Gasteiger partial charge in [-0.2, -0.15) is 5.10 Å². The van der Waals surface area contributed by atoms with Gasteiger partial charge in [0.15, 0.2) is 6.04 Å². The zero-order valence-electron chi connectivity index (χ0n) is 15.1. The van der Waals surface area contributed by atoms with Gasteiger partial charge in [0.05, 0.1) is 24.5 Å². The Bertz CT molecular complexity index is 820. The molecule has 0 bridgehead atoms. The number of amides is 1. The summed E-state index contributed by atoms with van der Waals surface area (Å²) in [6.07, 6.45) is 0. The number of phenolic OH excluding ortho intramolecular Hbond substituents is 1. The molecule has 3 N–H and O–H groups in total. The van der Waals surface area contributed by atoms with E-state index in [1.807, 2.05) is 25.1 Å². The second-order valence-electron chi connectivity index (χ2n) is 6.47. The van der Waals surface area contributed by atoms with Gasteiger partial charge >= 0.3 is 0 Å². The quantitative estimate of drug-likeness (QED) is 0.540. The highest BCUT2D eigenvalue weighted by Gasteiger charge is 2.29. The maximum absolute atomic E-state index is 12.4. The third-order valence-electron chi connectivity index (χ3n) is 4.63. The summed E-state index contributed by atoms with van der Waals surface area (Å²) in [5, 5.41) is 14.6. The number of carbonyl (C=O) groups is 1. The smallest absolute Gasteiger partial charge is 0.275 e. The van der Waals surface area contributed by atoms with Crippen molar-refractivity contribution in [2.45, 2.75) is 13.0 Å². The van der Waals surface area contributed by atoms with E-state index in [2.05, 4.69) is 22.7 Å². The molecule has 6 nitrogen and oxygen atoms in total. The minimum atomic E-state index is -0.502. The summed E-state index contributed by atoms with van der Waals surface area (Å²) < 4.78 is 5.48. The van der Waals surface area contributed by atoms with Gasteiger partial charge in [0.2, 0.25) is 0 Å². The highest BCUT2D eigenvalue weighted by molar-refractivity contribution is 6.31. The average Bonchev–Trinajstić information content (AvgIpc) is 2.70. The van der Waals surface area contributed by atoms with Crippen LogP contribution in [-0.2, 0) is 4.74 Å². The molecule has 0 aromatic heterocycles. The molecule has 142 valence electrons. The second-order valence-corrected chi connectivity index (χ2v) is 6.91. The number of nitrogens with zero attached hydrogens (tertiary/aromatic N) is 1. The molecule has 2 aromatic rings. The van der Waals surface area contributed by atoms with Crippen LogP contribution in [0.5, 0.6) is 5.75 Å². The minimum absolute atomic E-state index is 0.0170. The summed E-state index contributed by atoms with van der Waals surface area (Å²) in [6.45, 7) is 5.05. The number of rotatable bonds is 5. The zero-order chi connectivity index (χ0) is 19.2. The van der Waals surface area contributed by atoms with E-state index in [1.165, 1.54) is 23.1 Å². The van der Waals surface area contributed by atoms with Crippen molar-refractivity contribution in [3.63, 3.8) is 0 Å². The van der Waals surface area contributed by atoms with Crippen LogP contribution >= 0.6 is 11.6 Å². The van der Waals surface area contributed by atoms with E-state index in [0.29, 0.717) is 18.2 Å². The minimum Gasteiger partial charge on any atom is -0.507 e. The summed E-state index contributed by atoms with van der Waals surface area (Å²) in [5.74, 6) is -0.638. The lowest BCUT2D eigenvalue weighted by Gasteiger charge is -2.31. The van der Waals surface area contributed by atoms with Crippen molar-refractivity contribution in [1.29, 1.82) is 0 Å². The van der Waals surface area contributed by atoms with Gasteiger partial charge in [0.25, 0.3) is 5.91 Å². The van der Waals surface area contributed by atoms with Crippen LogP contribution in [0.25, 0.3) is 0 Å². The number of aromatic hydroxyl groups is 1. The molecule has 0 aliphatic carbocycles. The van der Waals surface area contributed by atoms with Crippen molar-refractivity contribution in [1.82, 2.24) is 5.43 Å². The lowest BCUT2D eigenvalue weighted by molar-refractivity contribution is -0.928. The van der Waals surface area contributed by atoms with E-state index in [1.54, 1.807) is 0 Å². The van der Waals surface area contributed by atoms with E-state index >= 15 is 0 Å². The maximum Gasteiger partial charge on any atom is 0.275 e. The van der Waals surface area contributed by atoms with Crippen molar-refractivity contribution in [2.75, 3.05) is 26.3 Å². The summed E-state index contributed by atoms with van der Waals surface area (Å²) in [4.78, 5) is 13.7. The number of carbonyl (C=O) groups excluding carboxylic acids is 1. The number of hydrogen-bond donors (Lipinski definition) is 3. The normalized spacial score (nSPS) is 16.7. The van der Waals surface area contributed by atoms with Crippen molar-refractivity contribution < 1.29 is 19.5 Å². The molecule has 1 atom stereocenters. The Labute approximate surface area is 163 Å². The Balaban J connectivity index is 1.81. The standard InChI is InChI=1S/C20H22ClN3O3/c1-14(22-23-20(26)17-13-16(21)7-8-18(17)25)19(15-5-3-2-4-6-15)24-9-11-27-12-10-24/h2-8,13,19,25H,9-12H2,1H3,(H,23,26)/p+1/b22-14-/t19-/m1/s1. The molecule has 27 heavy (non-hydrogen) atoms. The van der Waals surface area contributed by atoms with Crippen LogP contribution in [0.1, 0.15) is 28.9 Å². The molecule has 0 radical (unpaired) electrons. The van der Waals surface area contributed by atoms with E-state index < -0.39 is 5.91 Å². The highest BCUT2D eigenvalue weighted by Crippen LogP contribution is 2.21. The summed E-state index contributed by atoms with van der Waals surface area (Å²) in [5.41, 5.74) is 4.55. The number of morpholine rings is 1. The third-order valence-corrected chi connectivity index (χ3v) is 4.87. The molecule has 0 saturated carbocycles. The number of hydrogen-bond acceptors (Lipinski definition) is 4. The van der Waals surface area contributed by atoms with Crippen molar-refractivity contribution >= 4 is 23.2 Å². The molecule has 1 aliphatic rings. The summed E-state index contributed by atoms with van der Waals surface area (Å²) in [7, 11) is 0. The van der Waals surface area contributed by atoms with Gasteiger partial charge in [-0.05, 0) is 25.1 Å². The number of hydrazone groups is 1. The SMILES string of the molecule is C/C(=N/NC(=O)c1cc(Cl)ccc1O)[C@H](c1ccccc1)[NH+]1CCOCC1. The molecule has 7 heteroatoms. The van der Waals surface area contributed by atoms with Crippen LogP contribution in [0.4, 0.5) is 0 Å². The topological polar surface area (TPSA) is 75.4 Å². The van der Waals surface area contributed by atoms with Crippen LogP contribution in [0, 0.1) is 0 Å². The number of benzene rings is 2. The first-order chi connectivity index (χ1) is 13.1. The zero-order valence-corrected chi connectivity index (χ0v) is 15.9. The van der Waals surface area contributed by atoms with Gasteiger partial charge in [0.1, 0.15) is 18.8 Å². The van der Waals surface area contributed by atoms with Crippen molar-refractivity contribution in [2.24, 2.45) is 5.10 Å². The van der Waals surface area contributed by atoms with Gasteiger partial charge < -0.3 is 14.7 Å². The lowest BCUT2D eigenvalue weighted by atomic mass is 10.0. The maximum atomic E-state index is 12.4. The molecule has 0 spiro atoms. The van der Waals surface area contributed by atoms with Crippen molar-refractivity contribution in [3.05, 3.63) is 64.7 Å². The molecule has 2 aromatic carbocycles. The van der Waals surface area contributed by atoms with Crippen molar-refractivity contribution in [3.8, 4) is 5.75 Å². The number of halogens is 1. The predicted octanol–water partition coefficient (Wildman–Crippen LogP) is 1.81. The first-order valence-electron chi connectivity index (χ1n) is 8.86. The van der Waals surface area contributed by atoms with E-state index in [0.717, 1.165) is 24.4 Å². The fourth-order valence-electron chi connectivity index (χ4n) is 3.29. The van der Waals surface area contributed by atoms with Gasteiger partial charge in [-0.25, -0.2) is 5.43 Å². The van der Waals surface area contributed by atoms with E-state index in [4.69, 9.17) is 16.3 Å². The number of ether oxygens (including phenoxy) is 1. The number of nitrogens with one attached hydrogen (secondary N) is 2. The van der Waals surface area contributed by atoms with Gasteiger partial charge in [-0.1, -0.05) is 41.9 Å². The van der Waals surface area contributed by atoms with Gasteiger partial charge in [-0.15, -0.1) is 0 Å². The summed E-state index contributed by atoms with van der Waals surface area (Å²) in [6, 6.07) is 14.4. The molecule has 1 aliphatic heterocycles. The molecule has 1 fully saturated rings. The largest absolute Gasteiger partial charge is 0.507 e.